The van der Waals surface area contributed by atoms with Gasteiger partial charge in [-0.1, -0.05) is 0 Å². The van der Waals surface area contributed by atoms with Crippen molar-refractivity contribution < 1.29 is 19.8 Å². The zero-order valence-corrected chi connectivity index (χ0v) is 7.15. The summed E-state index contributed by atoms with van der Waals surface area (Å²) in [7, 11) is 1.51. The number of carboxylic acids is 1. The minimum Gasteiger partial charge on any atom is -0.481 e. The average molecular weight is 175 g/mol. The predicted octanol–water partition coefficient (Wildman–Crippen LogP) is -0.700. The number of hydrogen-bond donors (Lipinski definition) is 2. The fourth-order valence-corrected chi connectivity index (χ4v) is 0.711. The number of aliphatic carboxylic acids is 1. The largest absolute Gasteiger partial charge is 0.481 e. The molecule has 1 unspecified atom stereocenters. The smallest absolute Gasteiger partial charge is 0.306 e. The summed E-state index contributed by atoms with van der Waals surface area (Å²) in [6.45, 7) is 1.41. The standard InChI is InChI=1S/C7H13NO4/c1-5(9)8(2)4-6(10)3-7(11)12/h6,10H,3-4H2,1-2H3,(H,11,12). The van der Waals surface area contributed by atoms with Crippen molar-refractivity contribution in [1.82, 2.24) is 4.90 Å². The van der Waals surface area contributed by atoms with E-state index in [0.717, 1.165) is 0 Å². The van der Waals surface area contributed by atoms with Gasteiger partial charge in [-0.15, -0.1) is 0 Å². The van der Waals surface area contributed by atoms with Gasteiger partial charge in [0.05, 0.1) is 12.5 Å². The molecule has 5 nitrogen and oxygen atoms in total. The van der Waals surface area contributed by atoms with Crippen molar-refractivity contribution in [1.29, 1.82) is 0 Å². The van der Waals surface area contributed by atoms with Crippen LogP contribution in [0.25, 0.3) is 0 Å². The van der Waals surface area contributed by atoms with Gasteiger partial charge in [-0.25, -0.2) is 0 Å². The van der Waals surface area contributed by atoms with Gasteiger partial charge in [-0.05, 0) is 0 Å². The molecule has 2 N–H and O–H groups in total. The Hall–Kier alpha value is -1.10. The first kappa shape index (κ1) is 10.9. The molecule has 0 fully saturated rings. The number of likely N-dealkylation sites (N-methyl/N-ethyl adjacent to an activating group) is 1. The maximum atomic E-state index is 10.6. The van der Waals surface area contributed by atoms with Crippen molar-refractivity contribution in [3.63, 3.8) is 0 Å². The summed E-state index contributed by atoms with van der Waals surface area (Å²) in [4.78, 5) is 22.0. The van der Waals surface area contributed by atoms with Gasteiger partial charge in [0.2, 0.25) is 5.91 Å². The van der Waals surface area contributed by atoms with Gasteiger partial charge in [-0.2, -0.15) is 0 Å². The topological polar surface area (TPSA) is 77.8 Å². The molecule has 0 heterocycles. The highest BCUT2D eigenvalue weighted by atomic mass is 16.4. The van der Waals surface area contributed by atoms with E-state index in [9.17, 15) is 9.59 Å². The first-order valence-electron chi connectivity index (χ1n) is 3.55. The number of amides is 1. The van der Waals surface area contributed by atoms with E-state index in [1.54, 1.807) is 0 Å². The third kappa shape index (κ3) is 4.68. The van der Waals surface area contributed by atoms with Gasteiger partial charge in [0, 0.05) is 20.5 Å². The maximum Gasteiger partial charge on any atom is 0.306 e. The van der Waals surface area contributed by atoms with Crippen molar-refractivity contribution in [2.24, 2.45) is 0 Å². The van der Waals surface area contributed by atoms with Gasteiger partial charge >= 0.3 is 5.97 Å². The number of carbonyl (C=O) groups excluding carboxylic acids is 1. The molecule has 0 bridgehead atoms. The van der Waals surface area contributed by atoms with Crippen LogP contribution in [0.1, 0.15) is 13.3 Å². The molecule has 1 amide bonds. The number of nitrogens with zero attached hydrogens (tertiary/aromatic N) is 1. The van der Waals surface area contributed by atoms with Crippen LogP contribution in [-0.2, 0) is 9.59 Å². The molecule has 0 aliphatic heterocycles. The Labute approximate surface area is 70.6 Å². The van der Waals surface area contributed by atoms with Gasteiger partial charge in [0.25, 0.3) is 0 Å². The summed E-state index contributed by atoms with van der Waals surface area (Å²) >= 11 is 0. The third-order valence-electron chi connectivity index (χ3n) is 1.43. The second-order valence-corrected chi connectivity index (χ2v) is 2.65. The number of aliphatic hydroxyl groups is 1. The van der Waals surface area contributed by atoms with E-state index in [0.29, 0.717) is 0 Å². The molecular weight excluding hydrogens is 162 g/mol. The maximum absolute atomic E-state index is 10.6. The normalized spacial score (nSPS) is 12.2. The van der Waals surface area contributed by atoms with Crippen LogP contribution in [0, 0.1) is 0 Å². The average Bonchev–Trinajstić information content (AvgIpc) is 1.84. The molecule has 0 rings (SSSR count). The van der Waals surface area contributed by atoms with Gasteiger partial charge in [-0.3, -0.25) is 9.59 Å². The van der Waals surface area contributed by atoms with Crippen LogP contribution in [0.2, 0.25) is 0 Å². The lowest BCUT2D eigenvalue weighted by atomic mass is 10.2. The monoisotopic (exact) mass is 175 g/mol. The first-order chi connectivity index (χ1) is 5.43. The number of aliphatic hydroxyl groups excluding tert-OH is 1. The SMILES string of the molecule is CC(=O)N(C)CC(O)CC(=O)O. The van der Waals surface area contributed by atoms with Crippen molar-refractivity contribution >= 4 is 11.9 Å². The van der Waals surface area contributed by atoms with E-state index in [2.05, 4.69) is 0 Å². The zero-order valence-electron chi connectivity index (χ0n) is 7.15. The highest BCUT2D eigenvalue weighted by molar-refractivity contribution is 5.73. The zero-order chi connectivity index (χ0) is 9.72. The van der Waals surface area contributed by atoms with E-state index in [1.165, 1.54) is 18.9 Å². The van der Waals surface area contributed by atoms with Gasteiger partial charge in [0.15, 0.2) is 0 Å². The van der Waals surface area contributed by atoms with Crippen LogP contribution < -0.4 is 0 Å². The number of rotatable bonds is 4. The van der Waals surface area contributed by atoms with Crippen molar-refractivity contribution in [3.8, 4) is 0 Å². The Balaban J connectivity index is 3.76. The van der Waals surface area contributed by atoms with Crippen LogP contribution in [-0.4, -0.2) is 46.7 Å². The molecule has 0 spiro atoms. The van der Waals surface area contributed by atoms with Gasteiger partial charge in [0.1, 0.15) is 0 Å². The summed E-state index contributed by atoms with van der Waals surface area (Å²) in [6.07, 6.45) is -1.33. The molecule has 0 aliphatic carbocycles. The lowest BCUT2D eigenvalue weighted by Gasteiger charge is -2.17. The summed E-state index contributed by atoms with van der Waals surface area (Å²) in [5.41, 5.74) is 0. The number of carbonyl (C=O) groups is 2. The molecule has 0 aliphatic rings. The van der Waals surface area contributed by atoms with E-state index < -0.39 is 12.1 Å². The quantitative estimate of drug-likeness (QED) is 0.592. The predicted molar refractivity (Wildman–Crippen MR) is 41.6 cm³/mol. The molecule has 0 saturated carbocycles. The van der Waals surface area contributed by atoms with E-state index in [-0.39, 0.29) is 18.9 Å². The Morgan fingerprint density at radius 2 is 2.00 bits per heavy atom. The molecule has 12 heavy (non-hydrogen) atoms. The van der Waals surface area contributed by atoms with Crippen LogP contribution in [0.3, 0.4) is 0 Å². The Bertz CT molecular complexity index is 180. The van der Waals surface area contributed by atoms with Crippen LogP contribution in [0.15, 0.2) is 0 Å². The Kier molecular flexibility index (Phi) is 4.28. The summed E-state index contributed by atoms with van der Waals surface area (Å²) < 4.78 is 0. The number of hydrogen-bond acceptors (Lipinski definition) is 3. The molecule has 70 valence electrons. The molecule has 0 radical (unpaired) electrons. The summed E-state index contributed by atoms with van der Waals surface area (Å²) in [6, 6.07) is 0. The molecule has 5 heteroatoms. The van der Waals surface area contributed by atoms with Crippen molar-refractivity contribution in [3.05, 3.63) is 0 Å². The minimum atomic E-state index is -1.07. The molecule has 0 aromatic rings. The minimum absolute atomic E-state index is 0.0572. The summed E-state index contributed by atoms with van der Waals surface area (Å²) in [5, 5.41) is 17.3. The number of carboxylic acid groups (broad SMARTS) is 1. The highest BCUT2D eigenvalue weighted by Gasteiger charge is 2.13. The second kappa shape index (κ2) is 4.71. The third-order valence-corrected chi connectivity index (χ3v) is 1.43. The lowest BCUT2D eigenvalue weighted by Crippen LogP contribution is -2.33. The Morgan fingerprint density at radius 1 is 1.50 bits per heavy atom. The van der Waals surface area contributed by atoms with Crippen LogP contribution in [0.5, 0.6) is 0 Å². The fourth-order valence-electron chi connectivity index (χ4n) is 0.711. The van der Waals surface area contributed by atoms with E-state index >= 15 is 0 Å². The fraction of sp³-hybridized carbons (Fsp3) is 0.714. The molecule has 0 aromatic carbocycles. The molecular formula is C7H13NO4. The van der Waals surface area contributed by atoms with Crippen molar-refractivity contribution in [2.75, 3.05) is 13.6 Å². The Morgan fingerprint density at radius 3 is 2.33 bits per heavy atom. The molecule has 0 aromatic heterocycles. The summed E-state index contributed by atoms with van der Waals surface area (Å²) in [5.74, 6) is -1.26. The van der Waals surface area contributed by atoms with E-state index in [1.807, 2.05) is 0 Å². The first-order valence-corrected chi connectivity index (χ1v) is 3.55. The second-order valence-electron chi connectivity index (χ2n) is 2.65. The van der Waals surface area contributed by atoms with E-state index in [4.69, 9.17) is 10.2 Å². The molecule has 0 saturated heterocycles. The lowest BCUT2D eigenvalue weighted by molar-refractivity contribution is -0.140. The van der Waals surface area contributed by atoms with Crippen LogP contribution >= 0.6 is 0 Å². The highest BCUT2D eigenvalue weighted by Crippen LogP contribution is 1.95. The van der Waals surface area contributed by atoms with Gasteiger partial charge < -0.3 is 15.1 Å². The molecule has 1 atom stereocenters. The van der Waals surface area contributed by atoms with Crippen LogP contribution in [0.4, 0.5) is 0 Å². The van der Waals surface area contributed by atoms with Crippen molar-refractivity contribution in [2.45, 2.75) is 19.4 Å².